The fraction of sp³-hybridized carbons (Fsp3) is 0.733. The van der Waals surface area contributed by atoms with Crippen molar-refractivity contribution in [1.29, 1.82) is 0 Å². The topological polar surface area (TPSA) is 70.4 Å². The van der Waals surface area contributed by atoms with Gasteiger partial charge < -0.3 is 10.4 Å². The predicted molar refractivity (Wildman–Crippen MR) is 84.4 cm³/mol. The van der Waals surface area contributed by atoms with E-state index in [1.165, 1.54) is 0 Å². The fourth-order valence-corrected chi connectivity index (χ4v) is 2.24. The molecule has 6 heteroatoms. The monoisotopic (exact) mass is 296 g/mol. The molecule has 21 heavy (non-hydrogen) atoms. The van der Waals surface area contributed by atoms with Crippen molar-refractivity contribution in [1.82, 2.24) is 14.7 Å². The molecule has 0 fully saturated rings. The molecular formula is C15H28N4O2. The molecule has 1 aromatic rings. The number of rotatable bonds is 5. The highest BCUT2D eigenvalue weighted by atomic mass is 16.3. The van der Waals surface area contributed by atoms with Crippen LogP contribution in [0.1, 0.15) is 40.3 Å². The predicted octanol–water partition coefficient (Wildman–Crippen LogP) is 1.59. The average molecular weight is 296 g/mol. The van der Waals surface area contributed by atoms with Gasteiger partial charge in [-0.3, -0.25) is 9.69 Å². The number of carbonyl (C=O) groups excluding carboxylic acids is 1. The van der Waals surface area contributed by atoms with E-state index in [-0.39, 0.29) is 18.0 Å². The molecule has 0 aromatic carbocycles. The van der Waals surface area contributed by atoms with Crippen molar-refractivity contribution in [3.05, 3.63) is 11.8 Å². The lowest BCUT2D eigenvalue weighted by Crippen LogP contribution is -2.40. The minimum Gasteiger partial charge on any atom is -0.389 e. The molecule has 1 amide bonds. The van der Waals surface area contributed by atoms with Crippen LogP contribution in [0.15, 0.2) is 6.07 Å². The number of aliphatic hydroxyl groups is 1. The largest absolute Gasteiger partial charge is 0.389 e. The van der Waals surface area contributed by atoms with Gasteiger partial charge in [-0.25, -0.2) is 4.68 Å². The molecular weight excluding hydrogens is 268 g/mol. The molecule has 0 spiro atoms. The first-order valence-electron chi connectivity index (χ1n) is 7.16. The van der Waals surface area contributed by atoms with Crippen LogP contribution in [0.25, 0.3) is 0 Å². The van der Waals surface area contributed by atoms with Crippen LogP contribution in [0.5, 0.6) is 0 Å². The van der Waals surface area contributed by atoms with Crippen molar-refractivity contribution >= 4 is 11.7 Å². The normalized spacial score (nSPS) is 12.8. The SMILES string of the molecule is Cc1cc(NC(=O)CN(C)CC(C)(C)O)n(C(C)(C)C)n1. The summed E-state index contributed by atoms with van der Waals surface area (Å²) in [6, 6.07) is 1.86. The highest BCUT2D eigenvalue weighted by Gasteiger charge is 2.21. The van der Waals surface area contributed by atoms with Gasteiger partial charge in [0, 0.05) is 12.6 Å². The molecule has 6 nitrogen and oxygen atoms in total. The highest BCUT2D eigenvalue weighted by molar-refractivity contribution is 5.91. The van der Waals surface area contributed by atoms with E-state index in [4.69, 9.17) is 0 Å². The van der Waals surface area contributed by atoms with E-state index in [1.54, 1.807) is 18.7 Å². The Morgan fingerprint density at radius 2 is 1.95 bits per heavy atom. The summed E-state index contributed by atoms with van der Waals surface area (Å²) >= 11 is 0. The minimum absolute atomic E-state index is 0.118. The molecule has 0 saturated heterocycles. The number of aryl methyl sites for hydroxylation is 1. The summed E-state index contributed by atoms with van der Waals surface area (Å²) in [6.45, 7) is 12.1. The Morgan fingerprint density at radius 1 is 1.38 bits per heavy atom. The van der Waals surface area contributed by atoms with Crippen LogP contribution in [-0.2, 0) is 10.3 Å². The molecule has 1 rings (SSSR count). The summed E-state index contributed by atoms with van der Waals surface area (Å²) in [5.41, 5.74) is -0.153. The molecule has 0 aliphatic carbocycles. The number of likely N-dealkylation sites (N-methyl/N-ethyl adjacent to an activating group) is 1. The lowest BCUT2D eigenvalue weighted by molar-refractivity contribution is -0.117. The van der Waals surface area contributed by atoms with Gasteiger partial charge in [-0.05, 0) is 48.6 Å². The Morgan fingerprint density at radius 3 is 2.43 bits per heavy atom. The third kappa shape index (κ3) is 5.85. The first-order chi connectivity index (χ1) is 9.38. The summed E-state index contributed by atoms with van der Waals surface area (Å²) in [5, 5.41) is 17.1. The van der Waals surface area contributed by atoms with E-state index >= 15 is 0 Å². The van der Waals surface area contributed by atoms with Crippen LogP contribution in [-0.4, -0.2) is 51.4 Å². The summed E-state index contributed by atoms with van der Waals surface area (Å²) in [7, 11) is 1.81. The standard InChI is InChI=1S/C15H28N4O2/c1-11-8-12(19(17-11)14(2,3)4)16-13(20)9-18(7)10-15(5,6)21/h8,21H,9-10H2,1-7H3,(H,16,20). The number of nitrogens with one attached hydrogen (secondary N) is 1. The second kappa shape index (κ2) is 6.15. The maximum Gasteiger partial charge on any atom is 0.239 e. The molecule has 0 unspecified atom stereocenters. The molecule has 1 aromatic heterocycles. The number of nitrogens with zero attached hydrogens (tertiary/aromatic N) is 3. The van der Waals surface area contributed by atoms with Crippen molar-refractivity contribution in [3.8, 4) is 0 Å². The summed E-state index contributed by atoms with van der Waals surface area (Å²) in [5.74, 6) is 0.578. The fourth-order valence-electron chi connectivity index (χ4n) is 2.24. The lowest BCUT2D eigenvalue weighted by atomic mass is 10.1. The van der Waals surface area contributed by atoms with Gasteiger partial charge >= 0.3 is 0 Å². The van der Waals surface area contributed by atoms with Gasteiger partial charge in [0.15, 0.2) is 0 Å². The zero-order valence-electron chi connectivity index (χ0n) is 14.2. The van der Waals surface area contributed by atoms with Crippen LogP contribution >= 0.6 is 0 Å². The molecule has 0 radical (unpaired) electrons. The highest BCUT2D eigenvalue weighted by Crippen LogP contribution is 2.21. The van der Waals surface area contributed by atoms with Crippen molar-refractivity contribution in [3.63, 3.8) is 0 Å². The number of anilines is 1. The lowest BCUT2D eigenvalue weighted by Gasteiger charge is -2.25. The first-order valence-corrected chi connectivity index (χ1v) is 7.16. The van der Waals surface area contributed by atoms with Crippen molar-refractivity contribution in [2.75, 3.05) is 25.5 Å². The molecule has 0 atom stereocenters. The van der Waals surface area contributed by atoms with Gasteiger partial charge in [0.05, 0.1) is 23.4 Å². The van der Waals surface area contributed by atoms with Crippen molar-refractivity contribution in [2.24, 2.45) is 0 Å². The molecule has 1 heterocycles. The average Bonchev–Trinajstić information content (AvgIpc) is 2.54. The zero-order valence-corrected chi connectivity index (χ0v) is 14.2. The minimum atomic E-state index is -0.821. The zero-order chi connectivity index (χ0) is 16.4. The Balaban J connectivity index is 2.72. The van der Waals surface area contributed by atoms with Crippen LogP contribution in [0.3, 0.4) is 0 Å². The number of carbonyl (C=O) groups is 1. The Kier molecular flexibility index (Phi) is 5.17. The van der Waals surface area contributed by atoms with E-state index in [0.717, 1.165) is 5.69 Å². The van der Waals surface area contributed by atoms with Crippen LogP contribution in [0, 0.1) is 6.92 Å². The molecule has 0 saturated carbocycles. The van der Waals surface area contributed by atoms with Gasteiger partial charge in [0.2, 0.25) is 5.91 Å². The number of hydrogen-bond acceptors (Lipinski definition) is 4. The molecule has 0 bridgehead atoms. The van der Waals surface area contributed by atoms with Gasteiger partial charge in [-0.1, -0.05) is 0 Å². The van der Waals surface area contributed by atoms with E-state index in [2.05, 4.69) is 10.4 Å². The van der Waals surface area contributed by atoms with Gasteiger partial charge in [0.1, 0.15) is 5.82 Å². The third-order valence-electron chi connectivity index (χ3n) is 2.80. The van der Waals surface area contributed by atoms with E-state index in [1.807, 2.05) is 45.5 Å². The summed E-state index contributed by atoms with van der Waals surface area (Å²) < 4.78 is 1.82. The maximum atomic E-state index is 12.1. The number of aromatic nitrogens is 2. The molecule has 120 valence electrons. The molecule has 2 N–H and O–H groups in total. The second-order valence-electron chi connectivity index (χ2n) is 7.29. The summed E-state index contributed by atoms with van der Waals surface area (Å²) in [4.78, 5) is 13.9. The Hall–Kier alpha value is -1.40. The number of amides is 1. The van der Waals surface area contributed by atoms with E-state index < -0.39 is 5.60 Å². The van der Waals surface area contributed by atoms with E-state index in [9.17, 15) is 9.90 Å². The third-order valence-corrected chi connectivity index (χ3v) is 2.80. The summed E-state index contributed by atoms with van der Waals surface area (Å²) in [6.07, 6.45) is 0. The number of hydrogen-bond donors (Lipinski definition) is 2. The molecule has 0 aliphatic rings. The van der Waals surface area contributed by atoms with Crippen LogP contribution in [0.2, 0.25) is 0 Å². The smallest absolute Gasteiger partial charge is 0.239 e. The Bertz CT molecular complexity index is 495. The van der Waals surface area contributed by atoms with Crippen LogP contribution in [0.4, 0.5) is 5.82 Å². The first kappa shape index (κ1) is 17.7. The van der Waals surface area contributed by atoms with Gasteiger partial charge in [-0.2, -0.15) is 5.10 Å². The van der Waals surface area contributed by atoms with E-state index in [0.29, 0.717) is 12.4 Å². The van der Waals surface area contributed by atoms with Crippen molar-refractivity contribution < 1.29 is 9.90 Å². The quantitative estimate of drug-likeness (QED) is 0.865. The Labute approximate surface area is 127 Å². The molecule has 0 aliphatic heterocycles. The second-order valence-corrected chi connectivity index (χ2v) is 7.29. The maximum absolute atomic E-state index is 12.1. The van der Waals surface area contributed by atoms with Gasteiger partial charge in [-0.15, -0.1) is 0 Å². The van der Waals surface area contributed by atoms with Gasteiger partial charge in [0.25, 0.3) is 0 Å². The van der Waals surface area contributed by atoms with Crippen LogP contribution < -0.4 is 5.32 Å². The van der Waals surface area contributed by atoms with Crippen molar-refractivity contribution in [2.45, 2.75) is 52.7 Å².